The van der Waals surface area contributed by atoms with Crippen molar-refractivity contribution in [2.45, 2.75) is 6.42 Å². The van der Waals surface area contributed by atoms with Gasteiger partial charge < -0.3 is 5.32 Å². The first kappa shape index (κ1) is 11.3. The molecule has 0 atom stereocenters. The summed E-state index contributed by atoms with van der Waals surface area (Å²) in [6, 6.07) is 5.01. The van der Waals surface area contributed by atoms with Crippen molar-refractivity contribution in [3.8, 4) is 0 Å². The molecule has 0 aliphatic heterocycles. The van der Waals surface area contributed by atoms with E-state index in [0.29, 0.717) is 5.82 Å². The van der Waals surface area contributed by atoms with Crippen LogP contribution in [0.25, 0.3) is 0 Å². The number of nitrogens with zero attached hydrogens (tertiary/aromatic N) is 1. The van der Waals surface area contributed by atoms with Crippen molar-refractivity contribution in [2.75, 3.05) is 5.32 Å². The average molecular weight is 237 g/mol. The summed E-state index contributed by atoms with van der Waals surface area (Å²) in [4.78, 5) is 11.5. The molecule has 0 radical (unpaired) electrons. The molecule has 1 heterocycles. The predicted octanol–water partition coefficient (Wildman–Crippen LogP) is 1.87. The van der Waals surface area contributed by atoms with E-state index in [1.807, 2.05) is 0 Å². The van der Waals surface area contributed by atoms with Gasteiger partial charge in [-0.05, 0) is 12.1 Å². The number of amides is 1. The number of carbonyl (C=O) groups is 1. The van der Waals surface area contributed by atoms with Crippen molar-refractivity contribution < 1.29 is 13.6 Å². The van der Waals surface area contributed by atoms with Crippen molar-refractivity contribution >= 4 is 11.7 Å². The van der Waals surface area contributed by atoms with Crippen LogP contribution in [0.15, 0.2) is 30.5 Å². The molecule has 2 rings (SSSR count). The maximum atomic E-state index is 13.2. The van der Waals surface area contributed by atoms with Crippen molar-refractivity contribution in [3.05, 3.63) is 47.7 Å². The summed E-state index contributed by atoms with van der Waals surface area (Å²) in [6.07, 6.45) is 1.09. The highest BCUT2D eigenvalue weighted by Crippen LogP contribution is 2.13. The van der Waals surface area contributed by atoms with Gasteiger partial charge in [-0.2, -0.15) is 5.10 Å². The summed E-state index contributed by atoms with van der Waals surface area (Å²) < 4.78 is 26.5. The van der Waals surface area contributed by atoms with Crippen LogP contribution in [0.1, 0.15) is 5.56 Å². The Labute approximate surface area is 95.7 Å². The normalized spacial score (nSPS) is 10.2. The van der Waals surface area contributed by atoms with Crippen LogP contribution < -0.4 is 5.32 Å². The predicted molar refractivity (Wildman–Crippen MR) is 57.3 cm³/mol. The van der Waals surface area contributed by atoms with Crippen LogP contribution in [0.4, 0.5) is 14.6 Å². The van der Waals surface area contributed by atoms with E-state index in [0.717, 1.165) is 12.1 Å². The highest BCUT2D eigenvalue weighted by atomic mass is 19.1. The molecule has 0 bridgehead atoms. The van der Waals surface area contributed by atoms with Crippen LogP contribution in [0, 0.1) is 11.6 Å². The van der Waals surface area contributed by atoms with Crippen LogP contribution >= 0.6 is 0 Å². The summed E-state index contributed by atoms with van der Waals surface area (Å²) >= 11 is 0. The van der Waals surface area contributed by atoms with E-state index in [4.69, 9.17) is 0 Å². The molecule has 2 aromatic rings. The van der Waals surface area contributed by atoms with Crippen molar-refractivity contribution in [1.82, 2.24) is 10.2 Å². The quantitative estimate of drug-likeness (QED) is 0.856. The second-order valence-electron chi connectivity index (χ2n) is 3.40. The average Bonchev–Trinajstić information content (AvgIpc) is 2.76. The lowest BCUT2D eigenvalue weighted by Gasteiger charge is -2.04. The van der Waals surface area contributed by atoms with Crippen LogP contribution in [0.2, 0.25) is 0 Å². The summed E-state index contributed by atoms with van der Waals surface area (Å²) in [5.41, 5.74) is -0.246. The van der Waals surface area contributed by atoms with Crippen LogP contribution in [-0.2, 0) is 11.2 Å². The Morgan fingerprint density at radius 2 is 2.00 bits per heavy atom. The molecular formula is C11H9F2N3O. The Morgan fingerprint density at radius 3 is 2.59 bits per heavy atom. The Kier molecular flexibility index (Phi) is 3.13. The smallest absolute Gasteiger partial charge is 0.230 e. The summed E-state index contributed by atoms with van der Waals surface area (Å²) in [5, 5.41) is 8.58. The van der Waals surface area contributed by atoms with Gasteiger partial charge in [0, 0.05) is 11.6 Å². The molecule has 0 saturated carbocycles. The van der Waals surface area contributed by atoms with Gasteiger partial charge in [0.25, 0.3) is 0 Å². The minimum absolute atomic E-state index is 0.246. The number of benzene rings is 1. The minimum Gasteiger partial charge on any atom is -0.311 e. The van der Waals surface area contributed by atoms with Crippen molar-refractivity contribution in [2.24, 2.45) is 0 Å². The Morgan fingerprint density at radius 1 is 1.29 bits per heavy atom. The van der Waals surface area contributed by atoms with Crippen LogP contribution in [0.3, 0.4) is 0 Å². The lowest BCUT2D eigenvalue weighted by molar-refractivity contribution is -0.115. The van der Waals surface area contributed by atoms with Gasteiger partial charge in [0.05, 0.1) is 12.6 Å². The van der Waals surface area contributed by atoms with E-state index in [2.05, 4.69) is 15.5 Å². The van der Waals surface area contributed by atoms with E-state index in [-0.39, 0.29) is 12.0 Å². The number of H-pyrrole nitrogens is 1. The SMILES string of the molecule is O=C(Cc1c(F)cccc1F)Nc1ccn[nH]1. The number of anilines is 1. The number of halogens is 2. The molecule has 88 valence electrons. The van der Waals surface area contributed by atoms with E-state index in [1.54, 1.807) is 0 Å². The van der Waals surface area contributed by atoms with E-state index in [9.17, 15) is 13.6 Å². The molecule has 1 amide bonds. The molecule has 2 N–H and O–H groups in total. The molecule has 4 nitrogen and oxygen atoms in total. The maximum Gasteiger partial charge on any atom is 0.230 e. The highest BCUT2D eigenvalue weighted by Gasteiger charge is 2.13. The topological polar surface area (TPSA) is 57.8 Å². The van der Waals surface area contributed by atoms with Crippen LogP contribution in [0.5, 0.6) is 0 Å². The van der Waals surface area contributed by atoms with Gasteiger partial charge in [-0.25, -0.2) is 8.78 Å². The number of rotatable bonds is 3. The van der Waals surface area contributed by atoms with Crippen LogP contribution in [-0.4, -0.2) is 16.1 Å². The number of carbonyl (C=O) groups excluding carboxylic acids is 1. The fourth-order valence-corrected chi connectivity index (χ4v) is 1.38. The zero-order valence-electron chi connectivity index (χ0n) is 8.71. The Bertz CT molecular complexity index is 505. The van der Waals surface area contributed by atoms with Crippen molar-refractivity contribution in [3.63, 3.8) is 0 Å². The summed E-state index contributed by atoms with van der Waals surface area (Å²) in [5.74, 6) is -1.60. The minimum atomic E-state index is -0.732. The van der Waals surface area contributed by atoms with E-state index < -0.39 is 17.5 Å². The molecule has 1 aromatic carbocycles. The molecule has 0 fully saturated rings. The second-order valence-corrected chi connectivity index (χ2v) is 3.40. The lowest BCUT2D eigenvalue weighted by Crippen LogP contribution is -2.16. The molecule has 0 saturated heterocycles. The molecular weight excluding hydrogens is 228 g/mol. The number of hydrogen-bond donors (Lipinski definition) is 2. The first-order valence-corrected chi connectivity index (χ1v) is 4.89. The van der Waals surface area contributed by atoms with Crippen molar-refractivity contribution in [1.29, 1.82) is 0 Å². The second kappa shape index (κ2) is 4.73. The van der Waals surface area contributed by atoms with Gasteiger partial charge in [0.1, 0.15) is 17.5 Å². The van der Waals surface area contributed by atoms with Gasteiger partial charge in [-0.1, -0.05) is 6.07 Å². The molecule has 0 spiro atoms. The number of aromatic nitrogens is 2. The van der Waals surface area contributed by atoms with Gasteiger partial charge in [0.2, 0.25) is 5.91 Å². The fourth-order valence-electron chi connectivity index (χ4n) is 1.38. The first-order valence-electron chi connectivity index (χ1n) is 4.89. The van der Waals surface area contributed by atoms with Gasteiger partial charge in [0.15, 0.2) is 0 Å². The molecule has 0 aliphatic rings. The lowest BCUT2D eigenvalue weighted by atomic mass is 10.1. The Hall–Kier alpha value is -2.24. The molecule has 17 heavy (non-hydrogen) atoms. The number of hydrogen-bond acceptors (Lipinski definition) is 2. The zero-order valence-corrected chi connectivity index (χ0v) is 8.71. The highest BCUT2D eigenvalue weighted by molar-refractivity contribution is 5.91. The maximum absolute atomic E-state index is 13.2. The summed E-state index contributed by atoms with van der Waals surface area (Å²) in [7, 11) is 0. The molecule has 0 unspecified atom stereocenters. The molecule has 6 heteroatoms. The van der Waals surface area contributed by atoms with E-state index >= 15 is 0 Å². The number of aromatic amines is 1. The first-order chi connectivity index (χ1) is 8.16. The number of nitrogens with one attached hydrogen (secondary N) is 2. The standard InChI is InChI=1S/C11H9F2N3O/c12-8-2-1-3-9(13)7(8)6-11(17)15-10-4-5-14-16-10/h1-5H,6H2,(H2,14,15,16,17). The zero-order chi connectivity index (χ0) is 12.3. The van der Waals surface area contributed by atoms with E-state index in [1.165, 1.54) is 18.3 Å². The van der Waals surface area contributed by atoms with Gasteiger partial charge >= 0.3 is 0 Å². The van der Waals surface area contributed by atoms with Gasteiger partial charge in [-0.15, -0.1) is 0 Å². The molecule has 0 aliphatic carbocycles. The summed E-state index contributed by atoms with van der Waals surface area (Å²) in [6.45, 7) is 0. The van der Waals surface area contributed by atoms with Gasteiger partial charge in [-0.3, -0.25) is 9.89 Å². The largest absolute Gasteiger partial charge is 0.311 e. The fraction of sp³-hybridized carbons (Fsp3) is 0.0909. The Balaban J connectivity index is 2.08. The third-order valence-corrected chi connectivity index (χ3v) is 2.17. The monoisotopic (exact) mass is 237 g/mol. The third-order valence-electron chi connectivity index (χ3n) is 2.17. The third kappa shape index (κ3) is 2.66. The molecule has 1 aromatic heterocycles.